The van der Waals surface area contributed by atoms with E-state index in [1.54, 1.807) is 4.90 Å². The van der Waals surface area contributed by atoms with Gasteiger partial charge in [-0.3, -0.25) is 15.0 Å². The number of likely N-dealkylation sites (tertiary alicyclic amines) is 1. The average Bonchev–Trinajstić information content (AvgIpc) is 2.92. The third-order valence-corrected chi connectivity index (χ3v) is 6.66. The van der Waals surface area contributed by atoms with Gasteiger partial charge in [-0.1, -0.05) is 59.7 Å². The fourth-order valence-corrected chi connectivity index (χ4v) is 4.54. The molecule has 0 radical (unpaired) electrons. The zero-order valence-corrected chi connectivity index (χ0v) is 20.3. The van der Waals surface area contributed by atoms with Crippen molar-refractivity contribution >= 4 is 17.1 Å². The van der Waals surface area contributed by atoms with Gasteiger partial charge in [-0.25, -0.2) is 0 Å². The number of aliphatic hydroxyl groups is 4. The number of azide groups is 1. The molecule has 3 aromatic carbocycles. The molecule has 12 heteroatoms. The monoisotopic (exact) mass is 520 g/mol. The van der Waals surface area contributed by atoms with Gasteiger partial charge < -0.3 is 25.7 Å². The predicted octanol–water partition coefficient (Wildman–Crippen LogP) is 3.07. The van der Waals surface area contributed by atoms with Crippen LogP contribution in [0, 0.1) is 10.1 Å². The number of piperidine rings is 1. The third-order valence-electron chi connectivity index (χ3n) is 6.66. The fraction of sp³-hybridized carbons (Fsp3) is 0.308. The van der Waals surface area contributed by atoms with E-state index in [4.69, 9.17) is 5.53 Å². The van der Waals surface area contributed by atoms with Gasteiger partial charge >= 0.3 is 0 Å². The van der Waals surface area contributed by atoms with E-state index in [0.717, 1.165) is 22.3 Å². The van der Waals surface area contributed by atoms with Crippen molar-refractivity contribution in [3.63, 3.8) is 0 Å². The van der Waals surface area contributed by atoms with E-state index in [2.05, 4.69) is 15.3 Å². The Morgan fingerprint density at radius 3 is 2.21 bits per heavy atom. The molecule has 1 aliphatic rings. The molecule has 1 saturated heterocycles. The Hall–Kier alpha value is -4.03. The van der Waals surface area contributed by atoms with Crippen molar-refractivity contribution in [1.29, 1.82) is 0 Å². The van der Waals surface area contributed by atoms with E-state index in [-0.39, 0.29) is 24.5 Å². The Labute approximate surface area is 218 Å². The quantitative estimate of drug-likeness (QED) is 0.0935. The summed E-state index contributed by atoms with van der Waals surface area (Å²) in [7, 11) is 0. The molecule has 4 unspecified atom stereocenters. The molecule has 1 heterocycles. The molecular formula is C26H28N6O6. The molecule has 198 valence electrons. The van der Waals surface area contributed by atoms with E-state index in [0.29, 0.717) is 18.8 Å². The Morgan fingerprint density at radius 1 is 1.00 bits per heavy atom. The van der Waals surface area contributed by atoms with Crippen LogP contribution in [0.5, 0.6) is 0 Å². The molecule has 0 amide bonds. The van der Waals surface area contributed by atoms with Crippen molar-refractivity contribution in [3.05, 3.63) is 98.4 Å². The first-order valence-corrected chi connectivity index (χ1v) is 12.0. The molecule has 0 aromatic heterocycles. The van der Waals surface area contributed by atoms with E-state index in [1.165, 1.54) is 18.2 Å². The van der Waals surface area contributed by atoms with Crippen LogP contribution < -0.4 is 5.32 Å². The smallest absolute Gasteiger partial charge is 0.292 e. The lowest BCUT2D eigenvalue weighted by molar-refractivity contribution is -0.383. The predicted molar refractivity (Wildman–Crippen MR) is 140 cm³/mol. The lowest BCUT2D eigenvalue weighted by atomic mass is 9.93. The summed E-state index contributed by atoms with van der Waals surface area (Å²) >= 11 is 0. The van der Waals surface area contributed by atoms with Gasteiger partial charge in [0, 0.05) is 36.3 Å². The normalized spacial score (nSPS) is 21.5. The lowest BCUT2D eigenvalue weighted by Gasteiger charge is -2.43. The summed E-state index contributed by atoms with van der Waals surface area (Å²) in [4.78, 5) is 15.3. The summed E-state index contributed by atoms with van der Waals surface area (Å²) in [6, 6.07) is 19.1. The van der Waals surface area contributed by atoms with Gasteiger partial charge in [-0.2, -0.15) is 0 Å². The Balaban J connectivity index is 1.39. The molecule has 0 bridgehead atoms. The van der Waals surface area contributed by atoms with Gasteiger partial charge in [0.2, 0.25) is 0 Å². The second-order valence-electron chi connectivity index (χ2n) is 9.12. The number of nitrogens with zero attached hydrogens (tertiary/aromatic N) is 5. The van der Waals surface area contributed by atoms with Gasteiger partial charge in [0.05, 0.1) is 23.7 Å². The van der Waals surface area contributed by atoms with Crippen molar-refractivity contribution in [2.24, 2.45) is 5.11 Å². The van der Waals surface area contributed by atoms with Crippen LogP contribution in [0.25, 0.3) is 21.6 Å². The maximum atomic E-state index is 11.4. The molecule has 5 N–H and O–H groups in total. The molecule has 4 rings (SSSR count). The summed E-state index contributed by atoms with van der Waals surface area (Å²) in [5.41, 5.74) is 12.6. The van der Waals surface area contributed by atoms with Crippen LogP contribution in [0.15, 0.2) is 71.8 Å². The molecule has 38 heavy (non-hydrogen) atoms. The van der Waals surface area contributed by atoms with Crippen LogP contribution >= 0.6 is 0 Å². The van der Waals surface area contributed by atoms with Gasteiger partial charge in [0.25, 0.3) is 5.69 Å². The first-order valence-electron chi connectivity index (χ1n) is 12.0. The molecule has 0 aliphatic carbocycles. The highest BCUT2D eigenvalue weighted by Gasteiger charge is 2.40. The molecule has 1 aliphatic heterocycles. The van der Waals surface area contributed by atoms with Crippen molar-refractivity contribution in [1.82, 2.24) is 4.90 Å². The minimum Gasteiger partial charge on any atom is -0.395 e. The molecule has 4 atom stereocenters. The van der Waals surface area contributed by atoms with Gasteiger partial charge in [0.15, 0.2) is 0 Å². The number of hydrogen-bond donors (Lipinski definition) is 5. The van der Waals surface area contributed by atoms with Crippen LogP contribution in [0.1, 0.15) is 11.1 Å². The largest absolute Gasteiger partial charge is 0.395 e. The van der Waals surface area contributed by atoms with Crippen LogP contribution in [0.4, 0.5) is 17.1 Å². The maximum Gasteiger partial charge on any atom is 0.292 e. The second-order valence-corrected chi connectivity index (χ2v) is 9.12. The lowest BCUT2D eigenvalue weighted by Crippen LogP contribution is -2.62. The number of rotatable bonds is 9. The Bertz CT molecular complexity index is 1310. The van der Waals surface area contributed by atoms with Crippen LogP contribution in [-0.2, 0) is 13.1 Å². The molecule has 1 fully saturated rings. The molecule has 12 nitrogen and oxygen atoms in total. The third kappa shape index (κ3) is 6.09. The van der Waals surface area contributed by atoms with Crippen LogP contribution in [-0.4, -0.2) is 67.8 Å². The second kappa shape index (κ2) is 12.0. The molecule has 3 aromatic rings. The van der Waals surface area contributed by atoms with Crippen molar-refractivity contribution in [2.45, 2.75) is 37.4 Å². The zero-order chi connectivity index (χ0) is 27.2. The summed E-state index contributed by atoms with van der Waals surface area (Å²) in [5.74, 6) is 0. The fourth-order valence-electron chi connectivity index (χ4n) is 4.54. The highest BCUT2D eigenvalue weighted by atomic mass is 16.6. The number of nitro benzene ring substituents is 1. The number of nitro groups is 1. The molecular weight excluding hydrogens is 492 g/mol. The topological polar surface area (TPSA) is 188 Å². The van der Waals surface area contributed by atoms with E-state index >= 15 is 0 Å². The van der Waals surface area contributed by atoms with E-state index < -0.39 is 29.3 Å². The van der Waals surface area contributed by atoms with Crippen molar-refractivity contribution in [2.75, 3.05) is 18.5 Å². The Morgan fingerprint density at radius 2 is 1.63 bits per heavy atom. The van der Waals surface area contributed by atoms with Gasteiger partial charge in [-0.05, 0) is 33.9 Å². The molecule has 0 spiro atoms. The van der Waals surface area contributed by atoms with Crippen LogP contribution in [0.3, 0.4) is 0 Å². The minimum absolute atomic E-state index is 0.141. The highest BCUT2D eigenvalue weighted by molar-refractivity contribution is 5.67. The average molecular weight is 521 g/mol. The number of hydrogen-bond acceptors (Lipinski definition) is 9. The van der Waals surface area contributed by atoms with E-state index in [1.807, 2.05) is 48.5 Å². The first kappa shape index (κ1) is 27.0. The zero-order valence-electron chi connectivity index (χ0n) is 20.3. The van der Waals surface area contributed by atoms with Gasteiger partial charge in [0.1, 0.15) is 17.9 Å². The van der Waals surface area contributed by atoms with Crippen molar-refractivity contribution in [3.8, 4) is 11.1 Å². The first-order chi connectivity index (χ1) is 18.3. The minimum atomic E-state index is -1.29. The number of nitrogens with one attached hydrogen (secondary N) is 1. The summed E-state index contributed by atoms with van der Waals surface area (Å²) in [6.45, 7) is 0.558. The number of anilines is 1. The van der Waals surface area contributed by atoms with E-state index in [9.17, 15) is 30.5 Å². The summed E-state index contributed by atoms with van der Waals surface area (Å²) in [6.07, 6.45) is -3.62. The number of β-amino-alcohol motifs (C(OH)–C–C–N with tert-alkyl or cyclic N) is 1. The maximum absolute atomic E-state index is 11.4. The molecule has 0 saturated carbocycles. The Kier molecular flexibility index (Phi) is 8.54. The van der Waals surface area contributed by atoms with Gasteiger partial charge in [-0.15, -0.1) is 0 Å². The summed E-state index contributed by atoms with van der Waals surface area (Å²) in [5, 5.41) is 57.6. The highest BCUT2D eigenvalue weighted by Crippen LogP contribution is 2.30. The van der Waals surface area contributed by atoms with Crippen LogP contribution in [0.2, 0.25) is 0 Å². The standard InChI is InChI=1S/C26H28N6O6/c27-30-29-20-9-10-21(22(11-20)32(37)38)28-12-16-1-5-18(6-2-16)19-7-3-17(4-8-19)13-31-14-24(34)26(36)25(35)23(31)15-33/h1-11,23-26,28,33-36H,12-15H2. The SMILES string of the molecule is [N-]=[N+]=Nc1ccc(NCc2ccc(-c3ccc(CN4CC(O)C(O)C(O)C4CO)cc3)cc2)c([N+](=O)[O-])c1. The number of benzene rings is 3. The summed E-state index contributed by atoms with van der Waals surface area (Å²) < 4.78 is 0. The number of aliphatic hydroxyl groups excluding tert-OH is 4. The van der Waals surface area contributed by atoms with Crippen molar-refractivity contribution < 1.29 is 25.3 Å².